The van der Waals surface area contributed by atoms with Crippen LogP contribution in [0.25, 0.3) is 0 Å². The van der Waals surface area contributed by atoms with E-state index in [1.165, 1.54) is 18.2 Å². The maximum atomic E-state index is 13.1. The van der Waals surface area contributed by atoms with Crippen LogP contribution in [0.2, 0.25) is 0 Å². The molecule has 0 aliphatic heterocycles. The number of ether oxygens (including phenoxy) is 1. The second-order valence-corrected chi connectivity index (χ2v) is 4.88. The van der Waals surface area contributed by atoms with Gasteiger partial charge in [-0.1, -0.05) is 6.07 Å². The first kappa shape index (κ1) is 14.8. The molecule has 0 radical (unpaired) electrons. The van der Waals surface area contributed by atoms with Crippen LogP contribution < -0.4 is 15.8 Å². The Balaban J connectivity index is 2.14. The maximum absolute atomic E-state index is 13.1. The van der Waals surface area contributed by atoms with E-state index in [0.29, 0.717) is 17.0 Å². The summed E-state index contributed by atoms with van der Waals surface area (Å²) in [6.45, 7) is 3.82. The van der Waals surface area contributed by atoms with Crippen molar-refractivity contribution in [2.45, 2.75) is 20.0 Å². The Bertz CT molecular complexity index is 656. The third-order valence-corrected chi connectivity index (χ3v) is 2.72. The normalized spacial score (nSPS) is 10.5. The summed E-state index contributed by atoms with van der Waals surface area (Å²) in [4.78, 5) is 12.1. The van der Waals surface area contributed by atoms with Crippen molar-refractivity contribution in [3.8, 4) is 5.75 Å². The molecule has 2 rings (SSSR count). The van der Waals surface area contributed by atoms with Crippen LogP contribution >= 0.6 is 0 Å². The zero-order chi connectivity index (χ0) is 15.4. The number of anilines is 2. The number of nitrogens with one attached hydrogen (secondary N) is 1. The Hall–Kier alpha value is -2.56. The molecular formula is C16H17FN2O2. The Morgan fingerprint density at radius 1 is 1.24 bits per heavy atom. The molecule has 0 spiro atoms. The van der Waals surface area contributed by atoms with E-state index in [0.717, 1.165) is 0 Å². The van der Waals surface area contributed by atoms with Crippen LogP contribution in [-0.4, -0.2) is 12.0 Å². The van der Waals surface area contributed by atoms with Crippen molar-refractivity contribution in [1.29, 1.82) is 0 Å². The van der Waals surface area contributed by atoms with Gasteiger partial charge in [-0.3, -0.25) is 4.79 Å². The number of amides is 1. The molecule has 2 aromatic rings. The number of carbonyl (C=O) groups is 1. The molecule has 0 fully saturated rings. The topological polar surface area (TPSA) is 64.3 Å². The largest absolute Gasteiger partial charge is 0.491 e. The minimum Gasteiger partial charge on any atom is -0.491 e. The quantitative estimate of drug-likeness (QED) is 0.847. The lowest BCUT2D eigenvalue weighted by Gasteiger charge is -2.11. The molecule has 2 aromatic carbocycles. The molecule has 3 N–H and O–H groups in total. The van der Waals surface area contributed by atoms with Crippen molar-refractivity contribution in [2.24, 2.45) is 0 Å². The van der Waals surface area contributed by atoms with Crippen molar-refractivity contribution in [1.82, 2.24) is 0 Å². The molecule has 4 nitrogen and oxygen atoms in total. The predicted octanol–water partition coefficient (Wildman–Crippen LogP) is 3.45. The summed E-state index contributed by atoms with van der Waals surface area (Å²) >= 11 is 0. The first-order valence-corrected chi connectivity index (χ1v) is 6.59. The van der Waals surface area contributed by atoms with E-state index < -0.39 is 5.82 Å². The molecule has 0 aliphatic rings. The van der Waals surface area contributed by atoms with Crippen molar-refractivity contribution in [3.63, 3.8) is 0 Å². The van der Waals surface area contributed by atoms with Gasteiger partial charge in [-0.2, -0.15) is 0 Å². The predicted molar refractivity (Wildman–Crippen MR) is 81.0 cm³/mol. The number of hydrogen-bond donors (Lipinski definition) is 2. The van der Waals surface area contributed by atoms with Gasteiger partial charge in [0.05, 0.1) is 11.8 Å². The van der Waals surface area contributed by atoms with Gasteiger partial charge < -0.3 is 15.8 Å². The summed E-state index contributed by atoms with van der Waals surface area (Å²) in [5.74, 6) is -0.202. The molecule has 0 bridgehead atoms. The van der Waals surface area contributed by atoms with Crippen molar-refractivity contribution >= 4 is 17.3 Å². The molecule has 0 aliphatic carbocycles. The fourth-order valence-corrected chi connectivity index (χ4v) is 1.81. The van der Waals surface area contributed by atoms with Crippen LogP contribution in [0.1, 0.15) is 24.2 Å². The van der Waals surface area contributed by atoms with Gasteiger partial charge in [0.1, 0.15) is 11.6 Å². The van der Waals surface area contributed by atoms with Crippen LogP contribution in [0.4, 0.5) is 15.8 Å². The molecule has 5 heteroatoms. The average molecular weight is 288 g/mol. The summed E-state index contributed by atoms with van der Waals surface area (Å²) in [6.07, 6.45) is 0.0280. The lowest BCUT2D eigenvalue weighted by Crippen LogP contribution is -2.13. The number of benzene rings is 2. The summed E-state index contributed by atoms with van der Waals surface area (Å²) in [6, 6.07) is 10.9. The summed E-state index contributed by atoms with van der Waals surface area (Å²) in [5, 5.41) is 2.67. The van der Waals surface area contributed by atoms with Crippen molar-refractivity contribution in [2.75, 3.05) is 11.1 Å². The molecule has 1 amide bonds. The molecule has 110 valence electrons. The van der Waals surface area contributed by atoms with E-state index in [2.05, 4.69) is 5.32 Å². The molecule has 0 aromatic heterocycles. The molecule has 0 saturated carbocycles. The Morgan fingerprint density at radius 2 is 2.00 bits per heavy atom. The molecule has 0 heterocycles. The van der Waals surface area contributed by atoms with Crippen LogP contribution in [0.15, 0.2) is 42.5 Å². The standard InChI is InChI=1S/C16H17FN2O2/c1-10(2)21-13-5-3-4-11(8-13)16(20)19-12-6-7-14(17)15(18)9-12/h3-10H,18H2,1-2H3,(H,19,20). The summed E-state index contributed by atoms with van der Waals surface area (Å²) in [5.41, 5.74) is 6.35. The van der Waals surface area contributed by atoms with E-state index in [1.807, 2.05) is 13.8 Å². The van der Waals surface area contributed by atoms with Crippen molar-refractivity contribution < 1.29 is 13.9 Å². The fraction of sp³-hybridized carbons (Fsp3) is 0.188. The van der Waals surface area contributed by atoms with E-state index in [4.69, 9.17) is 10.5 Å². The van der Waals surface area contributed by atoms with Gasteiger partial charge in [0.15, 0.2) is 0 Å². The summed E-state index contributed by atoms with van der Waals surface area (Å²) < 4.78 is 18.6. The van der Waals surface area contributed by atoms with Crippen molar-refractivity contribution in [3.05, 3.63) is 53.8 Å². The third-order valence-electron chi connectivity index (χ3n) is 2.72. The van der Waals surface area contributed by atoms with E-state index in [1.54, 1.807) is 24.3 Å². The van der Waals surface area contributed by atoms with E-state index in [-0.39, 0.29) is 17.7 Å². The lowest BCUT2D eigenvalue weighted by molar-refractivity contribution is 0.102. The smallest absolute Gasteiger partial charge is 0.255 e. The molecule has 0 unspecified atom stereocenters. The molecule has 0 atom stereocenters. The monoisotopic (exact) mass is 288 g/mol. The number of halogens is 1. The highest BCUT2D eigenvalue weighted by atomic mass is 19.1. The number of nitrogen functional groups attached to an aromatic ring is 1. The van der Waals surface area contributed by atoms with E-state index in [9.17, 15) is 9.18 Å². The number of hydrogen-bond acceptors (Lipinski definition) is 3. The Labute approximate surface area is 122 Å². The first-order chi connectivity index (χ1) is 9.95. The van der Waals surface area contributed by atoms with Gasteiger partial charge in [-0.15, -0.1) is 0 Å². The van der Waals surface area contributed by atoms with Gasteiger partial charge in [-0.25, -0.2) is 4.39 Å². The van der Waals surface area contributed by atoms with Gasteiger partial charge >= 0.3 is 0 Å². The molecule has 21 heavy (non-hydrogen) atoms. The highest BCUT2D eigenvalue weighted by Crippen LogP contribution is 2.19. The second kappa shape index (κ2) is 6.26. The Kier molecular flexibility index (Phi) is 4.42. The number of nitrogens with two attached hydrogens (primary N) is 1. The Morgan fingerprint density at radius 3 is 2.67 bits per heavy atom. The summed E-state index contributed by atoms with van der Waals surface area (Å²) in [7, 11) is 0. The maximum Gasteiger partial charge on any atom is 0.255 e. The van der Waals surface area contributed by atoms with E-state index >= 15 is 0 Å². The second-order valence-electron chi connectivity index (χ2n) is 4.88. The van der Waals surface area contributed by atoms with Gasteiger partial charge in [0, 0.05) is 11.3 Å². The lowest BCUT2D eigenvalue weighted by atomic mass is 10.2. The van der Waals surface area contributed by atoms with Crippen LogP contribution in [0, 0.1) is 5.82 Å². The minimum absolute atomic E-state index is 0.00954. The number of carbonyl (C=O) groups excluding carboxylic acids is 1. The SMILES string of the molecule is CC(C)Oc1cccc(C(=O)Nc2ccc(F)c(N)c2)c1. The van der Waals surface area contributed by atoms with Crippen LogP contribution in [0.5, 0.6) is 5.75 Å². The highest BCUT2D eigenvalue weighted by molar-refractivity contribution is 6.04. The van der Waals surface area contributed by atoms with Gasteiger partial charge in [-0.05, 0) is 50.2 Å². The number of rotatable bonds is 4. The molecular weight excluding hydrogens is 271 g/mol. The van der Waals surface area contributed by atoms with Crippen LogP contribution in [0.3, 0.4) is 0 Å². The first-order valence-electron chi connectivity index (χ1n) is 6.59. The van der Waals surface area contributed by atoms with Crippen LogP contribution in [-0.2, 0) is 0 Å². The fourth-order valence-electron chi connectivity index (χ4n) is 1.81. The third kappa shape index (κ3) is 3.95. The minimum atomic E-state index is -0.514. The van der Waals surface area contributed by atoms with Gasteiger partial charge in [0.25, 0.3) is 5.91 Å². The average Bonchev–Trinajstić information content (AvgIpc) is 2.42. The highest BCUT2D eigenvalue weighted by Gasteiger charge is 2.09. The zero-order valence-corrected chi connectivity index (χ0v) is 11.9. The zero-order valence-electron chi connectivity index (χ0n) is 11.9. The van der Waals surface area contributed by atoms with Gasteiger partial charge in [0.2, 0.25) is 0 Å². The molecule has 0 saturated heterocycles.